The third-order valence-electron chi connectivity index (χ3n) is 6.41. The largest absolute Gasteiger partial charge is 0.379 e. The van der Waals surface area contributed by atoms with Crippen LogP contribution >= 0.6 is 138 Å². The Balaban J connectivity index is -0.0000000633. The first-order valence-corrected chi connectivity index (χ1v) is 32.1. The first kappa shape index (κ1) is 106. The van der Waals surface area contributed by atoms with Gasteiger partial charge in [0.25, 0.3) is 11.8 Å². The Morgan fingerprint density at radius 2 is 0.811 bits per heavy atom. The predicted molar refractivity (Wildman–Crippen MR) is 354 cm³/mol. The van der Waals surface area contributed by atoms with E-state index in [1.54, 1.807) is 68.8 Å². The number of nitrogens with zero attached hydrogens (tertiary/aromatic N) is 2. The summed E-state index contributed by atoms with van der Waals surface area (Å²) >= 11 is 36.6. The van der Waals surface area contributed by atoms with E-state index in [0.717, 1.165) is 9.80 Å². The third-order valence-corrected chi connectivity index (χ3v) is 7.34. The minimum atomic E-state index is -0.401. The lowest BCUT2D eigenvalue weighted by molar-refractivity contribution is -0.140. The number of imide groups is 2. The van der Waals surface area contributed by atoms with Gasteiger partial charge in [0, 0.05) is 70.7 Å². The van der Waals surface area contributed by atoms with Crippen molar-refractivity contribution >= 4 is 185 Å². The van der Waals surface area contributed by atoms with Crippen molar-refractivity contribution < 1.29 is 47.8 Å². The molecule has 21 nitrogen and oxygen atoms in total. The van der Waals surface area contributed by atoms with Crippen molar-refractivity contribution in [3.05, 3.63) is 12.2 Å². The molecule has 0 aromatic rings. The van der Waals surface area contributed by atoms with Gasteiger partial charge in [-0.3, -0.25) is 59.0 Å². The van der Waals surface area contributed by atoms with Gasteiger partial charge in [-0.1, -0.05) is 13.8 Å². The maximum absolute atomic E-state index is 11.9. The molecule has 2 aliphatic heterocycles. The highest BCUT2D eigenvalue weighted by atomic mass is 32.2. The smallest absolute Gasteiger partial charge is 0.253 e. The molecule has 0 aromatic carbocycles. The standard InChI is InChI=1S/C15H26N4O5S.C14H22N4O5.3CH5N.10CH4S/c1-3-17-18-13(21)5-8-24-9-6-16-12(20)4-7-19-14(22)10-11(25-2)15(19)23;1-2-16-17-12(20)6-9-23-10-7-15-11(19)5-8-18-13(21)3-4-14(18)22;13*1-2/h11,17H,3-10H2,1-2H3,(H,16,20)(H,18,21);3-4,16H,2,5-10H2,1H3,(H,15,19)(H,17,20);3*2H2,1H3;10*2H,1H3. The number of thiol groups is 10. The van der Waals surface area contributed by atoms with Crippen molar-refractivity contribution in [1.29, 1.82) is 0 Å². The van der Waals surface area contributed by atoms with E-state index < -0.39 is 11.8 Å². The number of carbonyl (C=O) groups excluding carboxylic acids is 8. The van der Waals surface area contributed by atoms with E-state index in [2.05, 4.69) is 176 Å². The van der Waals surface area contributed by atoms with Crippen LogP contribution in [0.5, 0.6) is 0 Å². The Labute approximate surface area is 507 Å². The van der Waals surface area contributed by atoms with Crippen LogP contribution in [-0.2, 0) is 47.8 Å². The van der Waals surface area contributed by atoms with Gasteiger partial charge >= 0.3 is 0 Å². The van der Waals surface area contributed by atoms with E-state index in [9.17, 15) is 38.4 Å². The zero-order valence-electron chi connectivity index (χ0n) is 46.9. The van der Waals surface area contributed by atoms with Crippen LogP contribution in [0.2, 0.25) is 0 Å². The lowest BCUT2D eigenvalue weighted by Gasteiger charge is -2.14. The molecule has 2 rings (SSSR count). The molecule has 8 amide bonds. The van der Waals surface area contributed by atoms with Crippen molar-refractivity contribution in [3.8, 4) is 0 Å². The number of nitrogens with one attached hydrogen (secondary N) is 6. The molecule has 1 unspecified atom stereocenters. The van der Waals surface area contributed by atoms with E-state index in [4.69, 9.17) is 9.47 Å². The highest BCUT2D eigenvalue weighted by Gasteiger charge is 2.37. The average Bonchev–Trinajstić information content (AvgIpc) is 3.97. The Bertz CT molecular complexity index is 1180. The van der Waals surface area contributed by atoms with E-state index in [1.807, 2.05) is 13.8 Å². The number of nitrogens with two attached hydrogens (primary N) is 3. The van der Waals surface area contributed by atoms with Crippen molar-refractivity contribution in [3.63, 3.8) is 0 Å². The number of thioether (sulfide) groups is 1. The Morgan fingerprint density at radius 1 is 0.514 bits per heavy atom. The van der Waals surface area contributed by atoms with Crippen LogP contribution in [0.1, 0.15) is 46.0 Å². The van der Waals surface area contributed by atoms with E-state index in [0.29, 0.717) is 26.2 Å². The van der Waals surface area contributed by atoms with Gasteiger partial charge in [0.15, 0.2) is 0 Å². The second-order valence-electron chi connectivity index (χ2n) is 10.1. The average molecular weight is 1280 g/mol. The van der Waals surface area contributed by atoms with Crippen LogP contribution in [-0.4, -0.2) is 218 Å². The molecule has 32 heteroatoms. The fourth-order valence-corrected chi connectivity index (χ4v) is 4.52. The molecule has 2 aliphatic rings. The number of hydrazine groups is 2. The van der Waals surface area contributed by atoms with Crippen LogP contribution in [0.15, 0.2) is 12.2 Å². The quantitative estimate of drug-likeness (QED) is 0.0300. The molecule has 0 bridgehead atoms. The Morgan fingerprint density at radius 3 is 1.08 bits per heavy atom. The van der Waals surface area contributed by atoms with E-state index in [1.165, 1.54) is 45.1 Å². The molecule has 452 valence electrons. The summed E-state index contributed by atoms with van der Waals surface area (Å²) in [5.74, 6) is -2.09. The summed E-state index contributed by atoms with van der Waals surface area (Å²) in [6, 6.07) is 0. The van der Waals surface area contributed by atoms with Gasteiger partial charge in [-0.15, -0.1) is 0 Å². The zero-order chi connectivity index (χ0) is 61.7. The third kappa shape index (κ3) is 80.3. The summed E-state index contributed by atoms with van der Waals surface area (Å²) in [6.07, 6.45) is 21.9. The van der Waals surface area contributed by atoms with Crippen molar-refractivity contribution in [2.45, 2.75) is 51.2 Å². The van der Waals surface area contributed by atoms with Crippen molar-refractivity contribution in [2.24, 2.45) is 17.2 Å². The van der Waals surface area contributed by atoms with Gasteiger partial charge in [0.2, 0.25) is 35.4 Å². The fraction of sp³-hybridized carbons (Fsp3) is 0.762. The number of hydrogen-bond donors (Lipinski definition) is 19. The molecule has 74 heavy (non-hydrogen) atoms. The molecule has 2 heterocycles. The summed E-state index contributed by atoms with van der Waals surface area (Å²) in [7, 11) is 4.50. The maximum Gasteiger partial charge on any atom is 0.253 e. The summed E-state index contributed by atoms with van der Waals surface area (Å²) in [5.41, 5.74) is 23.9. The lowest BCUT2D eigenvalue weighted by atomic mass is 10.3. The number of amides is 8. The molecule has 1 atom stereocenters. The van der Waals surface area contributed by atoms with Gasteiger partial charge in [0.1, 0.15) is 0 Å². The topological polar surface area (TPSA) is 312 Å². The second kappa shape index (κ2) is 108. The molecule has 0 aliphatic carbocycles. The molecule has 0 saturated carbocycles. The number of ether oxygens (including phenoxy) is 2. The van der Waals surface area contributed by atoms with Gasteiger partial charge in [-0.05, 0) is 90.0 Å². The van der Waals surface area contributed by atoms with Crippen LogP contribution < -0.4 is 49.5 Å². The molecule has 1 fully saturated rings. The van der Waals surface area contributed by atoms with Gasteiger partial charge in [-0.25, -0.2) is 10.9 Å². The number of rotatable bonds is 23. The lowest BCUT2D eigenvalue weighted by Crippen LogP contribution is -2.37. The minimum absolute atomic E-state index is 0.0459. The van der Waals surface area contributed by atoms with Crippen LogP contribution in [0.4, 0.5) is 0 Å². The first-order chi connectivity index (χ1) is 36.0. The first-order valence-electron chi connectivity index (χ1n) is 21.9. The molecule has 0 spiro atoms. The molecular formula is C42H103N11O10S11. The van der Waals surface area contributed by atoms with Crippen molar-refractivity contribution in [1.82, 2.24) is 42.1 Å². The zero-order valence-corrected chi connectivity index (χ0v) is 56.7. The monoisotopic (exact) mass is 1270 g/mol. The van der Waals surface area contributed by atoms with Crippen LogP contribution in [0.3, 0.4) is 0 Å². The summed E-state index contributed by atoms with van der Waals surface area (Å²) in [4.78, 5) is 94.1. The highest BCUT2D eigenvalue weighted by molar-refractivity contribution is 8.00. The SMILES string of the molecule is CCNNC(=O)CCOCCNC(=O)CCN1C(=O)C=CC1=O.CCNNC(=O)CCOCCNC(=O)CCN1C(=O)CC(SC)C1=O.CN.CN.CN.CS.CS.CS.CS.CS.CS.CS.CS.CS.CS. The van der Waals surface area contributed by atoms with E-state index >= 15 is 0 Å². The Kier molecular flexibility index (Phi) is 154. The number of likely N-dealkylation sites (tertiary alicyclic amines) is 1. The molecular weight excluding hydrogens is 1170 g/mol. The van der Waals surface area contributed by atoms with Gasteiger partial charge < -0.3 is 37.3 Å². The molecule has 12 N–H and O–H groups in total. The highest BCUT2D eigenvalue weighted by Crippen LogP contribution is 2.23. The van der Waals surface area contributed by atoms with E-state index in [-0.39, 0.29) is 112 Å². The second-order valence-corrected chi connectivity index (χ2v) is 11.1. The fourth-order valence-electron chi connectivity index (χ4n) is 3.88. The normalized spacial score (nSPS) is 11.0. The summed E-state index contributed by atoms with van der Waals surface area (Å²) in [5, 5.41) is 4.94. The van der Waals surface area contributed by atoms with Crippen LogP contribution in [0, 0.1) is 0 Å². The summed E-state index contributed by atoms with van der Waals surface area (Å²) in [6.45, 7) is 6.89. The van der Waals surface area contributed by atoms with Gasteiger partial charge in [-0.2, -0.15) is 138 Å². The van der Waals surface area contributed by atoms with Gasteiger partial charge in [0.05, 0.1) is 44.5 Å². The minimum Gasteiger partial charge on any atom is -0.379 e. The molecule has 0 radical (unpaired) electrons. The maximum atomic E-state index is 11.9. The molecule has 0 aromatic heterocycles. The Hall–Kier alpha value is -0.530. The number of hydrogen-bond acceptors (Lipinski definition) is 26. The number of carbonyl (C=O) groups is 8. The molecule has 1 saturated heterocycles. The van der Waals surface area contributed by atoms with Crippen LogP contribution in [0.25, 0.3) is 0 Å². The summed E-state index contributed by atoms with van der Waals surface area (Å²) < 4.78 is 10.5. The van der Waals surface area contributed by atoms with Crippen molar-refractivity contribution in [2.75, 3.05) is 156 Å². The predicted octanol–water partition coefficient (Wildman–Crippen LogP) is 1.68.